The second-order valence-corrected chi connectivity index (χ2v) is 8.38. The summed E-state index contributed by atoms with van der Waals surface area (Å²) in [7, 11) is 0. The standard InChI is InChI=1S/C28H30N2O5/c1-3-33-25-18-22(30-13-15-32-16-14-30)26(34-4-2)17-21(25)29-28(31)27-19-9-5-7-11-23(19)35-24-12-8-6-10-20(24)27/h5-12,17-18,27H,3-4,13-16H2,1-2H3,(H,29,31). The Morgan fingerprint density at radius 2 is 1.51 bits per heavy atom. The Balaban J connectivity index is 1.52. The Hall–Kier alpha value is -3.71. The van der Waals surface area contributed by atoms with Crippen molar-refractivity contribution in [3.8, 4) is 23.0 Å². The van der Waals surface area contributed by atoms with Crippen LogP contribution in [-0.2, 0) is 9.53 Å². The van der Waals surface area contributed by atoms with Crippen molar-refractivity contribution in [3.63, 3.8) is 0 Å². The third-order valence-electron chi connectivity index (χ3n) is 6.21. The third kappa shape index (κ3) is 4.64. The van der Waals surface area contributed by atoms with Crippen molar-refractivity contribution in [2.75, 3.05) is 49.7 Å². The van der Waals surface area contributed by atoms with Crippen LogP contribution in [0, 0.1) is 0 Å². The van der Waals surface area contributed by atoms with Crippen molar-refractivity contribution in [3.05, 3.63) is 71.8 Å². The number of benzene rings is 3. The number of amides is 1. The van der Waals surface area contributed by atoms with Crippen LogP contribution in [-0.4, -0.2) is 45.4 Å². The molecule has 3 aromatic carbocycles. The van der Waals surface area contributed by atoms with E-state index in [1.165, 1.54) is 0 Å². The number of carbonyl (C=O) groups is 1. The Morgan fingerprint density at radius 1 is 0.914 bits per heavy atom. The van der Waals surface area contributed by atoms with E-state index in [4.69, 9.17) is 18.9 Å². The molecule has 2 aliphatic rings. The van der Waals surface area contributed by atoms with E-state index in [0.717, 1.165) is 29.9 Å². The molecular formula is C28H30N2O5. The molecule has 0 bridgehead atoms. The monoisotopic (exact) mass is 474 g/mol. The van der Waals surface area contributed by atoms with Gasteiger partial charge in [-0.2, -0.15) is 0 Å². The first-order chi connectivity index (χ1) is 17.2. The first kappa shape index (κ1) is 23.1. The van der Waals surface area contributed by atoms with Gasteiger partial charge in [0.2, 0.25) is 5.91 Å². The van der Waals surface area contributed by atoms with Gasteiger partial charge in [-0.1, -0.05) is 36.4 Å². The van der Waals surface area contributed by atoms with Crippen LogP contribution in [0.15, 0.2) is 60.7 Å². The van der Waals surface area contributed by atoms with E-state index >= 15 is 0 Å². The summed E-state index contributed by atoms with van der Waals surface area (Å²) < 4.78 is 23.6. The maximum absolute atomic E-state index is 13.8. The highest BCUT2D eigenvalue weighted by Crippen LogP contribution is 2.45. The molecule has 7 nitrogen and oxygen atoms in total. The molecule has 0 atom stereocenters. The summed E-state index contributed by atoms with van der Waals surface area (Å²) in [6, 6.07) is 19.1. The fourth-order valence-electron chi connectivity index (χ4n) is 4.64. The van der Waals surface area contributed by atoms with Gasteiger partial charge in [0.05, 0.1) is 43.7 Å². The Bertz CT molecular complexity index is 1160. The zero-order valence-electron chi connectivity index (χ0n) is 20.1. The minimum atomic E-state index is -0.514. The molecule has 1 saturated heterocycles. The van der Waals surface area contributed by atoms with Gasteiger partial charge >= 0.3 is 0 Å². The molecule has 2 heterocycles. The number of rotatable bonds is 7. The summed E-state index contributed by atoms with van der Waals surface area (Å²) in [6.45, 7) is 7.74. The number of hydrogen-bond donors (Lipinski definition) is 1. The molecular weight excluding hydrogens is 444 g/mol. The summed E-state index contributed by atoms with van der Waals surface area (Å²) in [6.07, 6.45) is 0. The fourth-order valence-corrected chi connectivity index (χ4v) is 4.64. The van der Waals surface area contributed by atoms with Crippen molar-refractivity contribution in [1.82, 2.24) is 0 Å². The second-order valence-electron chi connectivity index (χ2n) is 8.38. The maximum Gasteiger partial charge on any atom is 0.236 e. The van der Waals surface area contributed by atoms with Gasteiger partial charge in [-0.25, -0.2) is 0 Å². The van der Waals surface area contributed by atoms with Gasteiger partial charge in [0.25, 0.3) is 0 Å². The molecule has 0 radical (unpaired) electrons. The topological polar surface area (TPSA) is 69.3 Å². The number of fused-ring (bicyclic) bond motifs is 2. The molecule has 5 rings (SSSR count). The largest absolute Gasteiger partial charge is 0.492 e. The molecule has 182 valence electrons. The minimum absolute atomic E-state index is 0.157. The van der Waals surface area contributed by atoms with E-state index in [1.54, 1.807) is 0 Å². The van der Waals surface area contributed by atoms with E-state index in [0.29, 0.717) is 55.1 Å². The maximum atomic E-state index is 13.8. The minimum Gasteiger partial charge on any atom is -0.492 e. The third-order valence-corrected chi connectivity index (χ3v) is 6.21. The number of anilines is 2. The molecule has 0 saturated carbocycles. The van der Waals surface area contributed by atoms with Gasteiger partial charge in [0.15, 0.2) is 0 Å². The smallest absolute Gasteiger partial charge is 0.236 e. The molecule has 2 aliphatic heterocycles. The zero-order valence-corrected chi connectivity index (χ0v) is 20.1. The van der Waals surface area contributed by atoms with Crippen LogP contribution >= 0.6 is 0 Å². The highest BCUT2D eigenvalue weighted by atomic mass is 16.5. The van der Waals surface area contributed by atoms with Gasteiger partial charge in [-0.05, 0) is 26.0 Å². The van der Waals surface area contributed by atoms with Gasteiger partial charge < -0.3 is 29.2 Å². The number of nitrogens with zero attached hydrogens (tertiary/aromatic N) is 1. The van der Waals surface area contributed by atoms with Crippen LogP contribution in [0.25, 0.3) is 0 Å². The van der Waals surface area contributed by atoms with Crippen molar-refractivity contribution in [2.45, 2.75) is 19.8 Å². The molecule has 35 heavy (non-hydrogen) atoms. The van der Waals surface area contributed by atoms with Gasteiger partial charge in [-0.3, -0.25) is 4.79 Å². The van der Waals surface area contributed by atoms with Gasteiger partial charge in [0.1, 0.15) is 23.0 Å². The van der Waals surface area contributed by atoms with E-state index in [2.05, 4.69) is 10.2 Å². The second kappa shape index (κ2) is 10.3. The van der Waals surface area contributed by atoms with Crippen LogP contribution in [0.2, 0.25) is 0 Å². The predicted molar refractivity (Wildman–Crippen MR) is 135 cm³/mol. The molecule has 1 fully saturated rings. The molecule has 7 heteroatoms. The lowest BCUT2D eigenvalue weighted by atomic mass is 9.87. The molecule has 0 aromatic heterocycles. The van der Waals surface area contributed by atoms with Crippen molar-refractivity contribution in [2.24, 2.45) is 0 Å². The van der Waals surface area contributed by atoms with E-state index in [-0.39, 0.29) is 5.91 Å². The Kier molecular flexibility index (Phi) is 6.77. The Morgan fingerprint density at radius 3 is 2.14 bits per heavy atom. The fraction of sp³-hybridized carbons (Fsp3) is 0.321. The predicted octanol–water partition coefficient (Wildman–Crippen LogP) is 5.20. The number of nitrogens with one attached hydrogen (secondary N) is 1. The van der Waals surface area contributed by atoms with Crippen molar-refractivity contribution >= 4 is 17.3 Å². The molecule has 3 aromatic rings. The van der Waals surface area contributed by atoms with E-state index < -0.39 is 5.92 Å². The molecule has 0 unspecified atom stereocenters. The highest BCUT2D eigenvalue weighted by Gasteiger charge is 2.33. The lowest BCUT2D eigenvalue weighted by Crippen LogP contribution is -2.36. The summed E-state index contributed by atoms with van der Waals surface area (Å²) in [5, 5.41) is 3.13. The highest BCUT2D eigenvalue weighted by molar-refractivity contribution is 6.01. The van der Waals surface area contributed by atoms with Gasteiger partial charge in [0, 0.05) is 36.3 Å². The average molecular weight is 475 g/mol. The summed E-state index contributed by atoms with van der Waals surface area (Å²) in [5.74, 6) is 2.03. The first-order valence-corrected chi connectivity index (χ1v) is 12.1. The van der Waals surface area contributed by atoms with Gasteiger partial charge in [-0.15, -0.1) is 0 Å². The van der Waals surface area contributed by atoms with Crippen LogP contribution in [0.1, 0.15) is 30.9 Å². The SMILES string of the molecule is CCOc1cc(N2CCOCC2)c(OCC)cc1NC(=O)C1c2ccccc2Oc2ccccc21. The van der Waals surface area contributed by atoms with Crippen LogP contribution in [0.5, 0.6) is 23.0 Å². The number of ether oxygens (including phenoxy) is 4. The van der Waals surface area contributed by atoms with Crippen molar-refractivity contribution < 1.29 is 23.7 Å². The number of carbonyl (C=O) groups excluding carboxylic acids is 1. The van der Waals surface area contributed by atoms with Crippen molar-refractivity contribution in [1.29, 1.82) is 0 Å². The van der Waals surface area contributed by atoms with E-state index in [1.807, 2.05) is 74.5 Å². The zero-order chi connectivity index (χ0) is 24.2. The normalized spacial score (nSPS) is 15.0. The number of para-hydroxylation sites is 2. The van der Waals surface area contributed by atoms with Crippen LogP contribution in [0.4, 0.5) is 11.4 Å². The number of hydrogen-bond acceptors (Lipinski definition) is 6. The lowest BCUT2D eigenvalue weighted by Gasteiger charge is -2.31. The first-order valence-electron chi connectivity index (χ1n) is 12.1. The molecule has 1 N–H and O–H groups in total. The van der Waals surface area contributed by atoms with E-state index in [9.17, 15) is 4.79 Å². The van der Waals surface area contributed by atoms with Crippen LogP contribution in [0.3, 0.4) is 0 Å². The summed E-state index contributed by atoms with van der Waals surface area (Å²) in [4.78, 5) is 16.0. The average Bonchev–Trinajstić information content (AvgIpc) is 2.89. The molecule has 0 aliphatic carbocycles. The molecule has 0 spiro atoms. The quantitative estimate of drug-likeness (QED) is 0.508. The van der Waals surface area contributed by atoms with Crippen LogP contribution < -0.4 is 24.4 Å². The lowest BCUT2D eigenvalue weighted by molar-refractivity contribution is -0.116. The molecule has 1 amide bonds. The summed E-state index contributed by atoms with van der Waals surface area (Å²) >= 11 is 0. The Labute approximate surface area is 205 Å². The summed E-state index contributed by atoms with van der Waals surface area (Å²) in [5.41, 5.74) is 3.19. The number of morpholine rings is 1.